The van der Waals surface area contributed by atoms with Crippen LogP contribution in [0.15, 0.2) is 41.3 Å². The maximum atomic E-state index is 14.2. The Morgan fingerprint density at radius 2 is 1.62 bits per heavy atom. The van der Waals surface area contributed by atoms with E-state index in [1.54, 1.807) is 0 Å². The number of halogens is 3. The Labute approximate surface area is 167 Å². The fourth-order valence-corrected chi connectivity index (χ4v) is 4.87. The van der Waals surface area contributed by atoms with Crippen LogP contribution in [0, 0.1) is 17.5 Å². The lowest BCUT2D eigenvalue weighted by molar-refractivity contribution is 0.0954. The van der Waals surface area contributed by atoms with Gasteiger partial charge in [0.05, 0.1) is 0 Å². The molecule has 9 heteroatoms. The maximum absolute atomic E-state index is 14.2. The molecule has 2 aromatic rings. The topological polar surface area (TPSA) is 66.5 Å². The molecule has 0 radical (unpaired) electrons. The van der Waals surface area contributed by atoms with Crippen molar-refractivity contribution >= 4 is 15.9 Å². The quantitative estimate of drug-likeness (QED) is 0.771. The first kappa shape index (κ1) is 21.3. The number of hydrogen-bond acceptors (Lipinski definition) is 3. The number of carbonyl (C=O) groups excluding carboxylic acids is 1. The molecular weight excluding hydrogens is 405 g/mol. The second-order valence-electron chi connectivity index (χ2n) is 6.89. The summed E-state index contributed by atoms with van der Waals surface area (Å²) in [7, 11) is -4.03. The van der Waals surface area contributed by atoms with Crippen molar-refractivity contribution in [3.8, 4) is 0 Å². The zero-order valence-electron chi connectivity index (χ0n) is 15.6. The Hall–Kier alpha value is -2.39. The molecule has 0 saturated carbocycles. The van der Waals surface area contributed by atoms with Gasteiger partial charge < -0.3 is 5.32 Å². The molecule has 0 aliphatic carbocycles. The van der Waals surface area contributed by atoms with Gasteiger partial charge in [-0.25, -0.2) is 21.6 Å². The Morgan fingerprint density at radius 3 is 2.28 bits per heavy atom. The molecule has 1 N–H and O–H groups in total. The Bertz CT molecular complexity index is 986. The summed E-state index contributed by atoms with van der Waals surface area (Å²) in [4.78, 5) is 11.8. The number of amides is 1. The fraction of sp³-hybridized carbons (Fsp3) is 0.350. The van der Waals surface area contributed by atoms with Gasteiger partial charge in [0.25, 0.3) is 5.91 Å². The van der Waals surface area contributed by atoms with Crippen molar-refractivity contribution in [1.29, 1.82) is 0 Å². The molecule has 1 saturated heterocycles. The van der Waals surface area contributed by atoms with Crippen molar-refractivity contribution in [1.82, 2.24) is 9.62 Å². The molecule has 1 fully saturated rings. The van der Waals surface area contributed by atoms with E-state index in [1.165, 1.54) is 10.4 Å². The van der Waals surface area contributed by atoms with E-state index >= 15 is 0 Å². The first-order valence-corrected chi connectivity index (χ1v) is 10.7. The van der Waals surface area contributed by atoms with E-state index in [1.807, 2.05) is 0 Å². The lowest BCUT2D eigenvalue weighted by Gasteiger charge is -2.26. The van der Waals surface area contributed by atoms with Gasteiger partial charge in [0.15, 0.2) is 0 Å². The number of benzene rings is 2. The standard InChI is InChI=1S/C20H21F3N2O3S/c21-16-10-14(11-17(22)13-16)6-7-24-20(26)15-4-5-18(23)19(12-15)29(27,28)25-8-2-1-3-9-25/h4-5,10-13H,1-3,6-9H2,(H,24,26). The highest BCUT2D eigenvalue weighted by Crippen LogP contribution is 2.24. The number of rotatable bonds is 6. The zero-order chi connectivity index (χ0) is 21.0. The fourth-order valence-electron chi connectivity index (χ4n) is 3.26. The van der Waals surface area contributed by atoms with Crippen molar-refractivity contribution in [2.24, 2.45) is 0 Å². The molecular formula is C20H21F3N2O3S. The van der Waals surface area contributed by atoms with Gasteiger partial charge in [-0.05, 0) is 55.2 Å². The van der Waals surface area contributed by atoms with Gasteiger partial charge in [-0.1, -0.05) is 6.42 Å². The van der Waals surface area contributed by atoms with Crippen LogP contribution < -0.4 is 5.32 Å². The lowest BCUT2D eigenvalue weighted by atomic mass is 10.1. The largest absolute Gasteiger partial charge is 0.352 e. The van der Waals surface area contributed by atoms with Gasteiger partial charge in [0.2, 0.25) is 10.0 Å². The molecule has 0 aromatic heterocycles. The molecule has 0 unspecified atom stereocenters. The molecule has 156 valence electrons. The summed E-state index contributed by atoms with van der Waals surface area (Å²) in [6, 6.07) is 6.25. The summed E-state index contributed by atoms with van der Waals surface area (Å²) in [5.74, 6) is -2.94. The van der Waals surface area contributed by atoms with Crippen LogP contribution in [0.3, 0.4) is 0 Å². The van der Waals surface area contributed by atoms with Crippen molar-refractivity contribution in [3.05, 3.63) is 65.0 Å². The normalized spacial score (nSPS) is 15.3. The van der Waals surface area contributed by atoms with Crippen molar-refractivity contribution in [2.45, 2.75) is 30.6 Å². The van der Waals surface area contributed by atoms with E-state index in [-0.39, 0.29) is 18.5 Å². The second-order valence-corrected chi connectivity index (χ2v) is 8.80. The van der Waals surface area contributed by atoms with E-state index in [0.717, 1.165) is 36.8 Å². The Balaban J connectivity index is 1.70. The summed E-state index contributed by atoms with van der Waals surface area (Å²) in [5, 5.41) is 2.55. The molecule has 29 heavy (non-hydrogen) atoms. The molecule has 5 nitrogen and oxygen atoms in total. The molecule has 0 atom stereocenters. The van der Waals surface area contributed by atoms with E-state index in [4.69, 9.17) is 0 Å². The number of hydrogen-bond donors (Lipinski definition) is 1. The summed E-state index contributed by atoms with van der Waals surface area (Å²) >= 11 is 0. The van der Waals surface area contributed by atoms with Gasteiger partial charge in [-0.3, -0.25) is 4.79 Å². The van der Waals surface area contributed by atoms with E-state index < -0.39 is 38.3 Å². The minimum atomic E-state index is -4.03. The average Bonchev–Trinajstić information content (AvgIpc) is 2.68. The predicted octanol–water partition coefficient (Wildman–Crippen LogP) is 3.25. The SMILES string of the molecule is O=C(NCCc1cc(F)cc(F)c1)c1ccc(F)c(S(=O)(=O)N2CCCCC2)c1. The van der Waals surface area contributed by atoms with Crippen molar-refractivity contribution in [3.63, 3.8) is 0 Å². The average molecular weight is 426 g/mol. The third kappa shape index (κ3) is 5.16. The molecule has 0 bridgehead atoms. The van der Waals surface area contributed by atoms with Gasteiger partial charge in [0.1, 0.15) is 22.3 Å². The van der Waals surface area contributed by atoms with E-state index in [2.05, 4.69) is 5.32 Å². The molecule has 0 spiro atoms. The van der Waals surface area contributed by atoms with E-state index in [9.17, 15) is 26.4 Å². The molecule has 1 aliphatic heterocycles. The number of carbonyl (C=O) groups is 1. The minimum absolute atomic E-state index is 0.00703. The van der Waals surface area contributed by atoms with E-state index in [0.29, 0.717) is 31.5 Å². The second kappa shape index (κ2) is 8.96. The maximum Gasteiger partial charge on any atom is 0.251 e. The van der Waals surface area contributed by atoms with Crippen LogP contribution in [-0.4, -0.2) is 38.3 Å². The van der Waals surface area contributed by atoms with Crippen LogP contribution in [-0.2, 0) is 16.4 Å². The summed E-state index contributed by atoms with van der Waals surface area (Å²) in [6.07, 6.45) is 2.52. The zero-order valence-corrected chi connectivity index (χ0v) is 16.4. The highest BCUT2D eigenvalue weighted by Gasteiger charge is 2.29. The van der Waals surface area contributed by atoms with Crippen LogP contribution in [0.2, 0.25) is 0 Å². The summed E-state index contributed by atoms with van der Waals surface area (Å²) in [5.41, 5.74) is 0.364. The van der Waals surface area contributed by atoms with Crippen molar-refractivity contribution in [2.75, 3.05) is 19.6 Å². The van der Waals surface area contributed by atoms with Crippen LogP contribution >= 0.6 is 0 Å². The smallest absolute Gasteiger partial charge is 0.251 e. The minimum Gasteiger partial charge on any atom is -0.352 e. The van der Waals surface area contributed by atoms with Crippen molar-refractivity contribution < 1.29 is 26.4 Å². The molecule has 1 heterocycles. The van der Waals surface area contributed by atoms with Crippen LogP contribution in [0.1, 0.15) is 35.2 Å². The van der Waals surface area contributed by atoms with Crippen LogP contribution in [0.5, 0.6) is 0 Å². The third-order valence-electron chi connectivity index (χ3n) is 4.75. The molecule has 2 aromatic carbocycles. The van der Waals surface area contributed by atoms with Gasteiger partial charge >= 0.3 is 0 Å². The van der Waals surface area contributed by atoms with Gasteiger partial charge in [-0.15, -0.1) is 0 Å². The first-order chi connectivity index (χ1) is 13.8. The van der Waals surface area contributed by atoms with Gasteiger partial charge in [0, 0.05) is 31.3 Å². The number of piperidine rings is 1. The molecule has 3 rings (SSSR count). The van der Waals surface area contributed by atoms with Gasteiger partial charge in [-0.2, -0.15) is 4.31 Å². The highest BCUT2D eigenvalue weighted by molar-refractivity contribution is 7.89. The summed E-state index contributed by atoms with van der Waals surface area (Å²) in [6.45, 7) is 0.720. The molecule has 1 aliphatic rings. The monoisotopic (exact) mass is 426 g/mol. The Kier molecular flexibility index (Phi) is 6.59. The number of nitrogens with zero attached hydrogens (tertiary/aromatic N) is 1. The Morgan fingerprint density at radius 1 is 0.966 bits per heavy atom. The summed E-state index contributed by atoms with van der Waals surface area (Å²) < 4.78 is 67.3. The number of sulfonamides is 1. The highest BCUT2D eigenvalue weighted by atomic mass is 32.2. The predicted molar refractivity (Wildman–Crippen MR) is 101 cm³/mol. The third-order valence-corrected chi connectivity index (χ3v) is 6.66. The lowest BCUT2D eigenvalue weighted by Crippen LogP contribution is -2.36. The van der Waals surface area contributed by atoms with Crippen LogP contribution in [0.4, 0.5) is 13.2 Å². The van der Waals surface area contributed by atoms with Crippen LogP contribution in [0.25, 0.3) is 0 Å². The number of nitrogens with one attached hydrogen (secondary N) is 1. The first-order valence-electron chi connectivity index (χ1n) is 9.30. The molecule has 1 amide bonds.